The van der Waals surface area contributed by atoms with Gasteiger partial charge in [0.25, 0.3) is 5.91 Å². The first-order chi connectivity index (χ1) is 8.16. The maximum absolute atomic E-state index is 10.8. The number of carbonyl (C=O) groups is 1. The predicted octanol–water partition coefficient (Wildman–Crippen LogP) is -0.0477. The number of aromatic nitrogens is 2. The van der Waals surface area contributed by atoms with Crippen molar-refractivity contribution < 1.29 is 9.53 Å². The van der Waals surface area contributed by atoms with Crippen LogP contribution in [0.5, 0.6) is 5.88 Å². The first-order valence-corrected chi connectivity index (χ1v) is 5.67. The van der Waals surface area contributed by atoms with Crippen molar-refractivity contribution >= 4 is 5.91 Å². The molecule has 0 saturated carbocycles. The van der Waals surface area contributed by atoms with E-state index in [1.165, 1.54) is 6.07 Å². The molecular weight excluding hydrogens is 220 g/mol. The van der Waals surface area contributed by atoms with Gasteiger partial charge in [0.2, 0.25) is 5.88 Å². The van der Waals surface area contributed by atoms with Crippen LogP contribution >= 0.6 is 0 Å². The van der Waals surface area contributed by atoms with Gasteiger partial charge < -0.3 is 15.8 Å². The topological polar surface area (TPSA) is 90.1 Å². The van der Waals surface area contributed by atoms with Crippen molar-refractivity contribution in [2.75, 3.05) is 13.1 Å². The van der Waals surface area contributed by atoms with Crippen molar-refractivity contribution in [1.82, 2.24) is 15.5 Å². The third kappa shape index (κ3) is 2.91. The van der Waals surface area contributed by atoms with Crippen molar-refractivity contribution in [1.29, 1.82) is 0 Å². The number of hydrogen-bond acceptors (Lipinski definition) is 5. The van der Waals surface area contributed by atoms with Crippen LogP contribution in [-0.4, -0.2) is 35.3 Å². The molecular formula is C11H16N4O2. The summed E-state index contributed by atoms with van der Waals surface area (Å²) in [6.45, 7) is 3.98. The van der Waals surface area contributed by atoms with E-state index in [9.17, 15) is 4.79 Å². The molecule has 92 valence electrons. The zero-order valence-electron chi connectivity index (χ0n) is 9.72. The molecule has 2 heterocycles. The molecule has 2 unspecified atom stereocenters. The molecule has 1 aromatic heterocycles. The van der Waals surface area contributed by atoms with E-state index in [1.807, 2.05) is 0 Å². The lowest BCUT2D eigenvalue weighted by Gasteiger charge is -2.29. The highest BCUT2D eigenvalue weighted by Gasteiger charge is 2.23. The number of nitrogens with one attached hydrogen (secondary N) is 1. The summed E-state index contributed by atoms with van der Waals surface area (Å²) in [5.41, 5.74) is 5.22. The van der Waals surface area contributed by atoms with E-state index < -0.39 is 5.91 Å². The van der Waals surface area contributed by atoms with E-state index in [-0.39, 0.29) is 11.8 Å². The summed E-state index contributed by atoms with van der Waals surface area (Å²) in [5, 5.41) is 10.8. The third-order valence-electron chi connectivity index (χ3n) is 2.92. The molecule has 0 spiro atoms. The number of hydrogen-bond donors (Lipinski definition) is 2. The molecule has 1 amide bonds. The Morgan fingerprint density at radius 3 is 2.94 bits per heavy atom. The first kappa shape index (κ1) is 11.8. The van der Waals surface area contributed by atoms with Crippen LogP contribution in [0.1, 0.15) is 23.8 Å². The summed E-state index contributed by atoms with van der Waals surface area (Å²) in [5.74, 6) is 0.321. The molecule has 1 saturated heterocycles. The summed E-state index contributed by atoms with van der Waals surface area (Å²) >= 11 is 0. The number of rotatable bonds is 3. The zero-order chi connectivity index (χ0) is 12.3. The molecule has 1 aliphatic heterocycles. The van der Waals surface area contributed by atoms with Gasteiger partial charge in [-0.3, -0.25) is 4.79 Å². The van der Waals surface area contributed by atoms with Gasteiger partial charge in [0.1, 0.15) is 6.10 Å². The van der Waals surface area contributed by atoms with Gasteiger partial charge in [-0.25, -0.2) is 0 Å². The van der Waals surface area contributed by atoms with Gasteiger partial charge in [0.15, 0.2) is 5.69 Å². The van der Waals surface area contributed by atoms with E-state index in [2.05, 4.69) is 22.4 Å². The van der Waals surface area contributed by atoms with Gasteiger partial charge in [-0.1, -0.05) is 6.92 Å². The number of piperidine rings is 1. The number of carbonyl (C=O) groups excluding carboxylic acids is 1. The number of amides is 1. The highest BCUT2D eigenvalue weighted by atomic mass is 16.5. The van der Waals surface area contributed by atoms with Gasteiger partial charge in [-0.05, 0) is 24.9 Å². The van der Waals surface area contributed by atoms with Gasteiger partial charge in [0.05, 0.1) is 0 Å². The van der Waals surface area contributed by atoms with E-state index >= 15 is 0 Å². The SMILES string of the molecule is CC1CCNCC1Oc1ccc(C(N)=O)nn1. The second-order valence-electron chi connectivity index (χ2n) is 4.25. The number of nitrogens with zero attached hydrogens (tertiary/aromatic N) is 2. The van der Waals surface area contributed by atoms with Crippen LogP contribution in [0.25, 0.3) is 0 Å². The van der Waals surface area contributed by atoms with E-state index in [4.69, 9.17) is 10.5 Å². The van der Waals surface area contributed by atoms with E-state index in [1.54, 1.807) is 6.07 Å². The van der Waals surface area contributed by atoms with Crippen LogP contribution < -0.4 is 15.8 Å². The Balaban J connectivity index is 2.00. The van der Waals surface area contributed by atoms with Crippen molar-refractivity contribution in [2.24, 2.45) is 11.7 Å². The molecule has 0 bridgehead atoms. The molecule has 3 N–H and O–H groups in total. The molecule has 1 aliphatic rings. The molecule has 2 atom stereocenters. The average molecular weight is 236 g/mol. The highest BCUT2D eigenvalue weighted by molar-refractivity contribution is 5.90. The Labute approximate surface area is 99.6 Å². The quantitative estimate of drug-likeness (QED) is 0.768. The Morgan fingerprint density at radius 2 is 2.35 bits per heavy atom. The van der Waals surface area contributed by atoms with Crippen LogP contribution in [0.4, 0.5) is 0 Å². The van der Waals surface area contributed by atoms with Crippen LogP contribution in [0.3, 0.4) is 0 Å². The van der Waals surface area contributed by atoms with Crippen LogP contribution in [-0.2, 0) is 0 Å². The molecule has 1 fully saturated rings. The average Bonchev–Trinajstić information content (AvgIpc) is 2.33. The molecule has 17 heavy (non-hydrogen) atoms. The molecule has 0 aliphatic carbocycles. The molecule has 0 aromatic carbocycles. The fourth-order valence-corrected chi connectivity index (χ4v) is 1.79. The van der Waals surface area contributed by atoms with Gasteiger partial charge in [-0.15, -0.1) is 10.2 Å². The van der Waals surface area contributed by atoms with E-state index in [0.717, 1.165) is 19.5 Å². The fraction of sp³-hybridized carbons (Fsp3) is 0.545. The minimum Gasteiger partial charge on any atom is -0.472 e. The summed E-state index contributed by atoms with van der Waals surface area (Å²) in [4.78, 5) is 10.8. The van der Waals surface area contributed by atoms with Crippen LogP contribution in [0.15, 0.2) is 12.1 Å². The lowest BCUT2D eigenvalue weighted by Crippen LogP contribution is -2.43. The lowest BCUT2D eigenvalue weighted by molar-refractivity contribution is 0.0990. The second kappa shape index (κ2) is 5.09. The van der Waals surface area contributed by atoms with Crippen LogP contribution in [0, 0.1) is 5.92 Å². The Morgan fingerprint density at radius 1 is 1.53 bits per heavy atom. The third-order valence-corrected chi connectivity index (χ3v) is 2.92. The normalized spacial score (nSPS) is 24.3. The van der Waals surface area contributed by atoms with Gasteiger partial charge in [-0.2, -0.15) is 0 Å². The summed E-state index contributed by atoms with van der Waals surface area (Å²) < 4.78 is 5.71. The minimum atomic E-state index is -0.586. The summed E-state index contributed by atoms with van der Waals surface area (Å²) in [6.07, 6.45) is 1.18. The summed E-state index contributed by atoms with van der Waals surface area (Å²) in [6, 6.07) is 3.14. The summed E-state index contributed by atoms with van der Waals surface area (Å²) in [7, 11) is 0. The Hall–Kier alpha value is -1.69. The maximum atomic E-state index is 10.8. The Kier molecular flexibility index (Phi) is 3.53. The van der Waals surface area contributed by atoms with Gasteiger partial charge >= 0.3 is 0 Å². The number of ether oxygens (including phenoxy) is 1. The molecule has 6 nitrogen and oxygen atoms in total. The van der Waals surface area contributed by atoms with Gasteiger partial charge in [0, 0.05) is 12.6 Å². The number of primary amides is 1. The standard InChI is InChI=1S/C11H16N4O2/c1-7-4-5-13-6-9(7)17-10-3-2-8(11(12)16)14-15-10/h2-3,7,9,13H,4-6H2,1H3,(H2,12,16). The maximum Gasteiger partial charge on any atom is 0.269 e. The fourth-order valence-electron chi connectivity index (χ4n) is 1.79. The lowest BCUT2D eigenvalue weighted by atomic mass is 9.97. The smallest absolute Gasteiger partial charge is 0.269 e. The van der Waals surface area contributed by atoms with E-state index in [0.29, 0.717) is 11.8 Å². The van der Waals surface area contributed by atoms with Crippen molar-refractivity contribution in [3.05, 3.63) is 17.8 Å². The minimum absolute atomic E-state index is 0.0949. The first-order valence-electron chi connectivity index (χ1n) is 5.67. The second-order valence-corrected chi connectivity index (χ2v) is 4.25. The molecule has 2 rings (SSSR count). The van der Waals surface area contributed by atoms with Crippen molar-refractivity contribution in [2.45, 2.75) is 19.4 Å². The predicted molar refractivity (Wildman–Crippen MR) is 61.6 cm³/mol. The van der Waals surface area contributed by atoms with Crippen LogP contribution in [0.2, 0.25) is 0 Å². The molecule has 6 heteroatoms. The zero-order valence-corrected chi connectivity index (χ0v) is 9.72. The van der Waals surface area contributed by atoms with Crippen molar-refractivity contribution in [3.8, 4) is 5.88 Å². The Bertz CT molecular complexity index is 393. The monoisotopic (exact) mass is 236 g/mol. The molecule has 1 aromatic rings. The number of nitrogens with two attached hydrogens (primary N) is 1. The molecule has 0 radical (unpaired) electrons. The largest absolute Gasteiger partial charge is 0.472 e. The van der Waals surface area contributed by atoms with Crippen molar-refractivity contribution in [3.63, 3.8) is 0 Å². The highest BCUT2D eigenvalue weighted by Crippen LogP contribution is 2.17.